The first-order chi connectivity index (χ1) is 10.8. The molecule has 2 rings (SSSR count). The van der Waals surface area contributed by atoms with Gasteiger partial charge in [-0.2, -0.15) is 0 Å². The molecule has 0 aromatic carbocycles. The lowest BCUT2D eigenvalue weighted by Gasteiger charge is -2.10. The van der Waals surface area contributed by atoms with Gasteiger partial charge in [-0.3, -0.25) is 9.98 Å². The molecule has 23 heavy (non-hydrogen) atoms. The maximum Gasteiger partial charge on any atom is 0.191 e. The van der Waals surface area contributed by atoms with Gasteiger partial charge in [-0.1, -0.05) is 6.07 Å². The number of aliphatic imine (C=N–C) groups is 1. The SMILES string of the molecule is CCNC(=NCCc1ccccn1)NCCc1csc(C)n1.I. The van der Waals surface area contributed by atoms with Crippen LogP contribution >= 0.6 is 35.3 Å². The molecule has 0 fully saturated rings. The Balaban J connectivity index is 0.00000264. The van der Waals surface area contributed by atoms with E-state index in [1.165, 1.54) is 0 Å². The summed E-state index contributed by atoms with van der Waals surface area (Å²) in [6.07, 6.45) is 3.58. The minimum Gasteiger partial charge on any atom is -0.357 e. The summed E-state index contributed by atoms with van der Waals surface area (Å²) >= 11 is 1.69. The Kier molecular flexibility index (Phi) is 9.77. The van der Waals surface area contributed by atoms with E-state index in [1.807, 2.05) is 31.3 Å². The van der Waals surface area contributed by atoms with E-state index in [-0.39, 0.29) is 24.0 Å². The quantitative estimate of drug-likeness (QED) is 0.391. The first-order valence-electron chi connectivity index (χ1n) is 7.61. The Hall–Kier alpha value is -1.22. The third kappa shape index (κ3) is 7.74. The van der Waals surface area contributed by atoms with Crippen molar-refractivity contribution in [3.05, 3.63) is 46.2 Å². The van der Waals surface area contributed by atoms with Crippen molar-refractivity contribution < 1.29 is 0 Å². The Morgan fingerprint density at radius 2 is 2.09 bits per heavy atom. The van der Waals surface area contributed by atoms with Gasteiger partial charge in [0.1, 0.15) is 0 Å². The second-order valence-electron chi connectivity index (χ2n) is 4.87. The minimum atomic E-state index is 0. The van der Waals surface area contributed by atoms with Gasteiger partial charge in [0.2, 0.25) is 0 Å². The Labute approximate surface area is 159 Å². The highest BCUT2D eigenvalue weighted by atomic mass is 127. The lowest BCUT2D eigenvalue weighted by molar-refractivity contribution is 0.786. The van der Waals surface area contributed by atoms with E-state index in [0.29, 0.717) is 0 Å². The van der Waals surface area contributed by atoms with E-state index in [9.17, 15) is 0 Å². The normalized spacial score (nSPS) is 11.0. The van der Waals surface area contributed by atoms with Crippen LogP contribution < -0.4 is 10.6 Å². The van der Waals surface area contributed by atoms with Gasteiger partial charge in [-0.05, 0) is 26.0 Å². The standard InChI is InChI=1S/C16H23N5S.HI/c1-3-17-16(19-10-7-14-6-4-5-9-18-14)20-11-8-15-12-22-13(2)21-15;/h4-6,9,12H,3,7-8,10-11H2,1-2H3,(H2,17,19,20);1H. The smallest absolute Gasteiger partial charge is 0.191 e. The minimum absolute atomic E-state index is 0. The summed E-state index contributed by atoms with van der Waals surface area (Å²) in [6, 6.07) is 5.96. The van der Waals surface area contributed by atoms with Crippen LogP contribution in [0.25, 0.3) is 0 Å². The lowest BCUT2D eigenvalue weighted by atomic mass is 10.3. The van der Waals surface area contributed by atoms with Gasteiger partial charge in [-0.15, -0.1) is 35.3 Å². The molecule has 2 aromatic heterocycles. The van der Waals surface area contributed by atoms with Gasteiger partial charge in [-0.25, -0.2) is 4.98 Å². The van der Waals surface area contributed by atoms with E-state index >= 15 is 0 Å². The number of aromatic nitrogens is 2. The average Bonchev–Trinajstić information content (AvgIpc) is 2.94. The zero-order chi connectivity index (χ0) is 15.6. The van der Waals surface area contributed by atoms with Gasteiger partial charge in [0.25, 0.3) is 0 Å². The van der Waals surface area contributed by atoms with Crippen molar-refractivity contribution in [2.75, 3.05) is 19.6 Å². The van der Waals surface area contributed by atoms with Crippen LogP contribution in [-0.2, 0) is 12.8 Å². The van der Waals surface area contributed by atoms with E-state index in [2.05, 4.69) is 37.9 Å². The van der Waals surface area contributed by atoms with Gasteiger partial charge >= 0.3 is 0 Å². The van der Waals surface area contributed by atoms with Crippen molar-refractivity contribution in [3.63, 3.8) is 0 Å². The molecule has 0 atom stereocenters. The van der Waals surface area contributed by atoms with Gasteiger partial charge in [0.15, 0.2) is 5.96 Å². The van der Waals surface area contributed by atoms with Crippen LogP contribution in [0.5, 0.6) is 0 Å². The molecule has 0 amide bonds. The molecule has 2 aromatic rings. The van der Waals surface area contributed by atoms with Crippen LogP contribution in [0.3, 0.4) is 0 Å². The summed E-state index contributed by atoms with van der Waals surface area (Å²) in [5.74, 6) is 0.852. The highest BCUT2D eigenvalue weighted by Crippen LogP contribution is 2.07. The van der Waals surface area contributed by atoms with Crippen molar-refractivity contribution in [2.45, 2.75) is 26.7 Å². The van der Waals surface area contributed by atoms with E-state index in [0.717, 1.165) is 54.8 Å². The predicted molar refractivity (Wildman–Crippen MR) is 108 cm³/mol. The maximum atomic E-state index is 4.58. The number of halogens is 1. The number of rotatable bonds is 7. The molecule has 7 heteroatoms. The molecule has 2 N–H and O–H groups in total. The molecule has 0 radical (unpaired) electrons. The van der Waals surface area contributed by atoms with Crippen LogP contribution in [0, 0.1) is 6.92 Å². The molecule has 0 aliphatic rings. The molecule has 126 valence electrons. The van der Waals surface area contributed by atoms with Crippen molar-refractivity contribution >= 4 is 41.3 Å². The average molecular weight is 445 g/mol. The van der Waals surface area contributed by atoms with Gasteiger partial charge < -0.3 is 10.6 Å². The fourth-order valence-corrected chi connectivity index (χ4v) is 2.65. The molecule has 0 saturated carbocycles. The molecule has 0 bridgehead atoms. The van der Waals surface area contributed by atoms with Gasteiger partial charge in [0, 0.05) is 49.7 Å². The fourth-order valence-electron chi connectivity index (χ4n) is 2.00. The number of hydrogen-bond acceptors (Lipinski definition) is 4. The monoisotopic (exact) mass is 445 g/mol. The second kappa shape index (κ2) is 11.3. The Morgan fingerprint density at radius 3 is 2.74 bits per heavy atom. The van der Waals surface area contributed by atoms with E-state index in [1.54, 1.807) is 11.3 Å². The summed E-state index contributed by atoms with van der Waals surface area (Å²) < 4.78 is 0. The lowest BCUT2D eigenvalue weighted by Crippen LogP contribution is -2.38. The topological polar surface area (TPSA) is 62.2 Å². The molecule has 0 aliphatic heterocycles. The predicted octanol–water partition coefficient (Wildman–Crippen LogP) is 2.80. The largest absolute Gasteiger partial charge is 0.357 e. The summed E-state index contributed by atoms with van der Waals surface area (Å²) in [6.45, 7) is 6.51. The summed E-state index contributed by atoms with van der Waals surface area (Å²) in [4.78, 5) is 13.4. The molecule has 0 spiro atoms. The Morgan fingerprint density at radius 1 is 1.22 bits per heavy atom. The molecule has 0 unspecified atom stereocenters. The van der Waals surface area contributed by atoms with Crippen LogP contribution in [0.1, 0.15) is 23.3 Å². The third-order valence-electron chi connectivity index (χ3n) is 3.05. The maximum absolute atomic E-state index is 4.58. The van der Waals surface area contributed by atoms with Gasteiger partial charge in [0.05, 0.1) is 10.7 Å². The van der Waals surface area contributed by atoms with E-state index in [4.69, 9.17) is 0 Å². The second-order valence-corrected chi connectivity index (χ2v) is 5.93. The molecule has 0 aliphatic carbocycles. The third-order valence-corrected chi connectivity index (χ3v) is 3.87. The number of nitrogens with one attached hydrogen (secondary N) is 2. The highest BCUT2D eigenvalue weighted by Gasteiger charge is 2.00. The van der Waals surface area contributed by atoms with Crippen molar-refractivity contribution in [1.29, 1.82) is 0 Å². The zero-order valence-corrected chi connectivity index (χ0v) is 16.7. The number of aryl methyl sites for hydroxylation is 1. The molecule has 0 saturated heterocycles. The number of pyridine rings is 1. The number of nitrogens with zero attached hydrogens (tertiary/aromatic N) is 3. The van der Waals surface area contributed by atoms with Crippen molar-refractivity contribution in [3.8, 4) is 0 Å². The summed E-state index contributed by atoms with van der Waals surface area (Å²) in [5.41, 5.74) is 2.21. The Bertz CT molecular complexity index is 585. The van der Waals surface area contributed by atoms with Crippen LogP contribution in [0.4, 0.5) is 0 Å². The van der Waals surface area contributed by atoms with E-state index < -0.39 is 0 Å². The molecular formula is C16H24IN5S. The summed E-state index contributed by atoms with van der Waals surface area (Å²) in [7, 11) is 0. The van der Waals surface area contributed by atoms with Crippen LogP contribution in [0.2, 0.25) is 0 Å². The zero-order valence-electron chi connectivity index (χ0n) is 13.6. The van der Waals surface area contributed by atoms with Crippen LogP contribution in [-0.4, -0.2) is 35.6 Å². The van der Waals surface area contributed by atoms with Crippen molar-refractivity contribution in [2.24, 2.45) is 4.99 Å². The molecular weight excluding hydrogens is 421 g/mol. The van der Waals surface area contributed by atoms with Crippen molar-refractivity contribution in [1.82, 2.24) is 20.6 Å². The molecule has 2 heterocycles. The first kappa shape index (κ1) is 19.8. The van der Waals surface area contributed by atoms with Crippen LogP contribution in [0.15, 0.2) is 34.8 Å². The highest BCUT2D eigenvalue weighted by molar-refractivity contribution is 14.0. The summed E-state index contributed by atoms with van der Waals surface area (Å²) in [5, 5.41) is 9.84. The first-order valence-corrected chi connectivity index (χ1v) is 8.49. The number of hydrogen-bond donors (Lipinski definition) is 2. The fraction of sp³-hybridized carbons (Fsp3) is 0.438. The number of guanidine groups is 1. The number of thiazole rings is 1. The molecule has 5 nitrogen and oxygen atoms in total.